The Morgan fingerprint density at radius 1 is 0.282 bits per heavy atom. The molecule has 0 rings (SSSR count). The molecule has 0 saturated carbocycles. The molecule has 17 nitrogen and oxygen atoms in total. The van der Waals surface area contributed by atoms with Crippen LogP contribution in [0.1, 0.15) is 446 Å². The van der Waals surface area contributed by atoms with Crippen molar-refractivity contribution in [2.45, 2.75) is 464 Å². The van der Waals surface area contributed by atoms with E-state index < -0.39 is 97.5 Å². The zero-order chi connectivity index (χ0) is 75.6. The maximum atomic E-state index is 13.1. The fourth-order valence-corrected chi connectivity index (χ4v) is 14.6. The van der Waals surface area contributed by atoms with Crippen molar-refractivity contribution in [3.63, 3.8) is 0 Å². The molecule has 0 amide bonds. The molecule has 0 fully saturated rings. The first-order chi connectivity index (χ1) is 49.9. The van der Waals surface area contributed by atoms with E-state index in [-0.39, 0.29) is 25.7 Å². The number of hydrogen-bond acceptors (Lipinski definition) is 15. The average molecular weight is 1510 g/mol. The molecule has 0 saturated heterocycles. The highest BCUT2D eigenvalue weighted by Gasteiger charge is 2.30. The number of unbranched alkanes of at least 4 members (excludes halogenated alkanes) is 52. The Balaban J connectivity index is 5.24. The van der Waals surface area contributed by atoms with Crippen molar-refractivity contribution in [3.05, 3.63) is 0 Å². The van der Waals surface area contributed by atoms with Gasteiger partial charge in [0.05, 0.1) is 26.4 Å². The van der Waals surface area contributed by atoms with Gasteiger partial charge in [-0.05, 0) is 37.5 Å². The molecule has 0 aliphatic rings. The van der Waals surface area contributed by atoms with Crippen molar-refractivity contribution < 1.29 is 80.2 Å². The van der Waals surface area contributed by atoms with Crippen LogP contribution in [0.15, 0.2) is 0 Å². The van der Waals surface area contributed by atoms with E-state index in [4.69, 9.17) is 37.0 Å². The molecule has 19 heteroatoms. The van der Waals surface area contributed by atoms with Crippen LogP contribution in [0.4, 0.5) is 0 Å². The second-order valence-corrected chi connectivity index (χ2v) is 33.8. The zero-order valence-corrected chi connectivity index (χ0v) is 69.4. The maximum absolute atomic E-state index is 13.1. The van der Waals surface area contributed by atoms with Crippen molar-refractivity contribution in [2.75, 3.05) is 39.6 Å². The summed E-state index contributed by atoms with van der Waals surface area (Å²) >= 11 is 0. The van der Waals surface area contributed by atoms with E-state index in [0.29, 0.717) is 25.7 Å². The van der Waals surface area contributed by atoms with Crippen LogP contribution in [0.5, 0.6) is 0 Å². The number of ether oxygens (including phenoxy) is 4. The van der Waals surface area contributed by atoms with Crippen molar-refractivity contribution in [1.82, 2.24) is 0 Å². The number of aliphatic hydroxyl groups excluding tert-OH is 1. The molecule has 0 heterocycles. The van der Waals surface area contributed by atoms with E-state index in [9.17, 15) is 43.2 Å². The summed E-state index contributed by atoms with van der Waals surface area (Å²) in [5.74, 6) is -0.527. The Bertz CT molecular complexity index is 1980. The van der Waals surface area contributed by atoms with Gasteiger partial charge in [0.2, 0.25) is 0 Å². The standard InChI is InChI=1S/C84H164O17P2/c1-7-10-12-14-16-18-20-22-23-24-25-26-27-28-29-35-39-43-51-57-63-69-84(89)100-79(72-94-81(86)66-60-54-48-41-37-34-31-30-33-36-40-46-52-58-64-76(4)5)74-98-102(90,91)96-70-78(85)71-97-103(92,93)99-75-80(73-95-82(87)67-61-55-49-45-44-47-53-59-65-77(6)9-3)101-83(88)68-62-56-50-42-38-32-21-19-17-15-13-11-8-2/h76-80,85H,7-75H2,1-6H3,(H,90,91)(H,92,93)/t77?,78-,79-,80-/m1/s1. The minimum atomic E-state index is -4.96. The van der Waals surface area contributed by atoms with Crippen LogP contribution in [-0.2, 0) is 65.4 Å². The van der Waals surface area contributed by atoms with Crippen LogP contribution >= 0.6 is 15.6 Å². The predicted octanol–water partition coefficient (Wildman–Crippen LogP) is 25.5. The molecule has 0 spiro atoms. The van der Waals surface area contributed by atoms with Crippen LogP contribution < -0.4 is 0 Å². The molecule has 0 aromatic rings. The third-order valence-corrected chi connectivity index (χ3v) is 22.0. The average Bonchev–Trinajstić information content (AvgIpc) is 0.912. The molecule has 103 heavy (non-hydrogen) atoms. The normalized spacial score (nSPS) is 14.1. The third-order valence-electron chi connectivity index (χ3n) is 20.1. The van der Waals surface area contributed by atoms with Crippen LogP contribution in [-0.4, -0.2) is 96.7 Å². The van der Waals surface area contributed by atoms with E-state index in [0.717, 1.165) is 102 Å². The molecule has 0 radical (unpaired) electrons. The lowest BCUT2D eigenvalue weighted by molar-refractivity contribution is -0.161. The molecule has 612 valence electrons. The zero-order valence-electron chi connectivity index (χ0n) is 67.6. The van der Waals surface area contributed by atoms with Gasteiger partial charge >= 0.3 is 39.5 Å². The number of rotatable bonds is 83. The number of carbonyl (C=O) groups is 4. The van der Waals surface area contributed by atoms with Crippen molar-refractivity contribution in [3.8, 4) is 0 Å². The number of esters is 4. The summed E-state index contributed by atoms with van der Waals surface area (Å²) in [5, 5.41) is 10.7. The topological polar surface area (TPSA) is 237 Å². The largest absolute Gasteiger partial charge is 0.472 e. The van der Waals surface area contributed by atoms with Gasteiger partial charge in [0.25, 0.3) is 0 Å². The summed E-state index contributed by atoms with van der Waals surface area (Å²) in [6, 6.07) is 0. The second-order valence-electron chi connectivity index (χ2n) is 30.9. The maximum Gasteiger partial charge on any atom is 0.472 e. The van der Waals surface area contributed by atoms with Crippen LogP contribution in [0, 0.1) is 11.8 Å². The lowest BCUT2D eigenvalue weighted by Gasteiger charge is -2.21. The quantitative estimate of drug-likeness (QED) is 0.0222. The van der Waals surface area contributed by atoms with Crippen molar-refractivity contribution in [2.24, 2.45) is 11.8 Å². The van der Waals surface area contributed by atoms with Gasteiger partial charge in [-0.25, -0.2) is 9.13 Å². The molecule has 0 bridgehead atoms. The second kappa shape index (κ2) is 75.5. The Hall–Kier alpha value is -1.94. The summed E-state index contributed by atoms with van der Waals surface area (Å²) in [7, 11) is -9.92. The Labute approximate surface area is 632 Å². The van der Waals surface area contributed by atoms with Gasteiger partial charge < -0.3 is 33.8 Å². The molecule has 0 aliphatic heterocycles. The first-order valence-corrected chi connectivity index (χ1v) is 46.5. The van der Waals surface area contributed by atoms with E-state index in [2.05, 4.69) is 41.5 Å². The molecule has 0 aromatic heterocycles. The number of hydrogen-bond donors (Lipinski definition) is 3. The molecule has 6 atom stereocenters. The van der Waals surface area contributed by atoms with E-state index in [1.807, 2.05) is 0 Å². The Kier molecular flexibility index (Phi) is 74.1. The van der Waals surface area contributed by atoms with Gasteiger partial charge in [0.15, 0.2) is 12.2 Å². The van der Waals surface area contributed by atoms with Gasteiger partial charge in [-0.1, -0.05) is 395 Å². The number of phosphoric ester groups is 2. The van der Waals surface area contributed by atoms with Crippen LogP contribution in [0.2, 0.25) is 0 Å². The number of phosphoric acid groups is 2. The first kappa shape index (κ1) is 101. The highest BCUT2D eigenvalue weighted by atomic mass is 31.2. The fraction of sp³-hybridized carbons (Fsp3) is 0.952. The van der Waals surface area contributed by atoms with E-state index in [1.54, 1.807) is 0 Å². The molecule has 0 aromatic carbocycles. The molecule has 3 N–H and O–H groups in total. The molecule has 3 unspecified atom stereocenters. The van der Waals surface area contributed by atoms with E-state index >= 15 is 0 Å². The lowest BCUT2D eigenvalue weighted by atomic mass is 9.99. The summed E-state index contributed by atoms with van der Waals surface area (Å²) in [6.45, 7) is 9.68. The van der Waals surface area contributed by atoms with Crippen LogP contribution in [0.3, 0.4) is 0 Å². The van der Waals surface area contributed by atoms with E-state index in [1.165, 1.54) is 263 Å². The summed E-state index contributed by atoms with van der Waals surface area (Å²) in [4.78, 5) is 73.2. The van der Waals surface area contributed by atoms with Crippen molar-refractivity contribution >= 4 is 39.5 Å². The van der Waals surface area contributed by atoms with Gasteiger partial charge in [-0.15, -0.1) is 0 Å². The monoisotopic (exact) mass is 1510 g/mol. The molecule has 0 aliphatic carbocycles. The van der Waals surface area contributed by atoms with Gasteiger partial charge in [-0.2, -0.15) is 0 Å². The minimum Gasteiger partial charge on any atom is -0.462 e. The summed E-state index contributed by atoms with van der Waals surface area (Å²) in [5.41, 5.74) is 0. The summed E-state index contributed by atoms with van der Waals surface area (Å²) in [6.07, 6.45) is 66.6. The molecular weight excluding hydrogens is 1340 g/mol. The summed E-state index contributed by atoms with van der Waals surface area (Å²) < 4.78 is 68.8. The Morgan fingerprint density at radius 3 is 0.738 bits per heavy atom. The number of carbonyl (C=O) groups excluding carboxylic acids is 4. The lowest BCUT2D eigenvalue weighted by Crippen LogP contribution is -2.30. The Morgan fingerprint density at radius 2 is 0.495 bits per heavy atom. The van der Waals surface area contributed by atoms with Gasteiger partial charge in [-0.3, -0.25) is 37.3 Å². The highest BCUT2D eigenvalue weighted by Crippen LogP contribution is 2.45. The number of aliphatic hydroxyl groups is 1. The first-order valence-electron chi connectivity index (χ1n) is 43.5. The molecular formula is C84H164O17P2. The highest BCUT2D eigenvalue weighted by molar-refractivity contribution is 7.47. The van der Waals surface area contributed by atoms with Gasteiger partial charge in [0, 0.05) is 25.7 Å². The smallest absolute Gasteiger partial charge is 0.462 e. The fourth-order valence-electron chi connectivity index (χ4n) is 13.0. The third kappa shape index (κ3) is 76.6. The minimum absolute atomic E-state index is 0.107. The van der Waals surface area contributed by atoms with Gasteiger partial charge in [0.1, 0.15) is 19.3 Å². The van der Waals surface area contributed by atoms with Crippen LogP contribution in [0.25, 0.3) is 0 Å². The van der Waals surface area contributed by atoms with Crippen molar-refractivity contribution in [1.29, 1.82) is 0 Å². The predicted molar refractivity (Wildman–Crippen MR) is 423 cm³/mol. The SMILES string of the molecule is CCCCCCCCCCCCCCCCCCCCCCCC(=O)O[C@H](COC(=O)CCCCCCCCCCCCCCCCC(C)C)COP(=O)(O)OC[C@@H](O)COP(=O)(O)OC[C@@H](COC(=O)CCCCCCCCCCC(C)CC)OC(=O)CCCCCCCCCCCCCCC.